The van der Waals surface area contributed by atoms with Gasteiger partial charge in [0.05, 0.1) is 0 Å². The van der Waals surface area contributed by atoms with Crippen LogP contribution < -0.4 is 5.32 Å². The number of hydrogen-bond acceptors (Lipinski definition) is 3. The highest BCUT2D eigenvalue weighted by Crippen LogP contribution is 2.19. The SMILES string of the molecule is Cc1cc(Br)ccc1NC(=O)Cn1cnc(Br)n1. The van der Waals surface area contributed by atoms with Gasteiger partial charge in [0.1, 0.15) is 12.9 Å². The molecular weight excluding hydrogens is 364 g/mol. The molecule has 7 heteroatoms. The highest BCUT2D eigenvalue weighted by atomic mass is 79.9. The molecule has 0 fully saturated rings. The maximum absolute atomic E-state index is 11.8. The topological polar surface area (TPSA) is 59.8 Å². The van der Waals surface area contributed by atoms with E-state index in [9.17, 15) is 4.79 Å². The number of carbonyl (C=O) groups excluding carboxylic acids is 1. The first kappa shape index (κ1) is 13.2. The molecule has 0 saturated heterocycles. The van der Waals surface area contributed by atoms with Crippen LogP contribution in [-0.2, 0) is 11.3 Å². The van der Waals surface area contributed by atoms with Gasteiger partial charge < -0.3 is 5.32 Å². The standard InChI is InChI=1S/C11H10Br2N4O/c1-7-4-8(12)2-3-9(7)15-10(18)5-17-6-14-11(13)16-17/h2-4,6H,5H2,1H3,(H,15,18). The van der Waals surface area contributed by atoms with E-state index in [1.807, 2.05) is 25.1 Å². The fraction of sp³-hybridized carbons (Fsp3) is 0.182. The Bertz CT molecular complexity index is 582. The predicted molar refractivity (Wildman–Crippen MR) is 75.2 cm³/mol. The van der Waals surface area contributed by atoms with Crippen molar-refractivity contribution < 1.29 is 4.79 Å². The van der Waals surface area contributed by atoms with Crippen LogP contribution in [0.3, 0.4) is 0 Å². The number of carbonyl (C=O) groups is 1. The molecule has 94 valence electrons. The number of rotatable bonds is 3. The Labute approximate surface area is 121 Å². The minimum atomic E-state index is -0.141. The van der Waals surface area contributed by atoms with Crippen molar-refractivity contribution in [2.24, 2.45) is 0 Å². The second-order valence-electron chi connectivity index (χ2n) is 3.72. The molecule has 0 saturated carbocycles. The van der Waals surface area contributed by atoms with Crippen LogP contribution in [0.4, 0.5) is 5.69 Å². The highest BCUT2D eigenvalue weighted by Gasteiger charge is 2.07. The Morgan fingerprint density at radius 2 is 2.22 bits per heavy atom. The lowest BCUT2D eigenvalue weighted by atomic mass is 10.2. The highest BCUT2D eigenvalue weighted by molar-refractivity contribution is 9.10. The second kappa shape index (κ2) is 5.62. The lowest BCUT2D eigenvalue weighted by Gasteiger charge is -2.08. The Kier molecular flexibility index (Phi) is 4.13. The van der Waals surface area contributed by atoms with Crippen molar-refractivity contribution in [3.63, 3.8) is 0 Å². The lowest BCUT2D eigenvalue weighted by Crippen LogP contribution is -2.19. The number of nitrogens with zero attached hydrogens (tertiary/aromatic N) is 3. The fourth-order valence-corrected chi connectivity index (χ4v) is 2.22. The molecule has 1 N–H and O–H groups in total. The number of hydrogen-bond donors (Lipinski definition) is 1. The van der Waals surface area contributed by atoms with E-state index < -0.39 is 0 Å². The van der Waals surface area contributed by atoms with Crippen LogP contribution in [0.2, 0.25) is 0 Å². The molecule has 5 nitrogen and oxygen atoms in total. The Morgan fingerprint density at radius 1 is 1.44 bits per heavy atom. The van der Waals surface area contributed by atoms with Gasteiger partial charge in [-0.3, -0.25) is 4.79 Å². The molecule has 0 unspecified atom stereocenters. The van der Waals surface area contributed by atoms with Gasteiger partial charge in [-0.2, -0.15) is 0 Å². The van der Waals surface area contributed by atoms with Gasteiger partial charge in [-0.05, 0) is 46.6 Å². The van der Waals surface area contributed by atoms with Crippen LogP contribution in [0, 0.1) is 6.92 Å². The summed E-state index contributed by atoms with van der Waals surface area (Å²) in [7, 11) is 0. The van der Waals surface area contributed by atoms with E-state index in [1.165, 1.54) is 11.0 Å². The summed E-state index contributed by atoms with van der Waals surface area (Å²) in [5.74, 6) is -0.141. The molecule has 0 aliphatic rings. The monoisotopic (exact) mass is 372 g/mol. The first-order valence-electron chi connectivity index (χ1n) is 5.15. The smallest absolute Gasteiger partial charge is 0.246 e. The van der Waals surface area contributed by atoms with Crippen molar-refractivity contribution in [1.82, 2.24) is 14.8 Å². The molecule has 18 heavy (non-hydrogen) atoms. The van der Waals surface area contributed by atoms with Crippen molar-refractivity contribution in [2.45, 2.75) is 13.5 Å². The zero-order chi connectivity index (χ0) is 13.1. The molecule has 1 amide bonds. The average Bonchev–Trinajstić information content (AvgIpc) is 2.68. The third kappa shape index (κ3) is 3.39. The Balaban J connectivity index is 2.03. The van der Waals surface area contributed by atoms with Gasteiger partial charge in [-0.15, -0.1) is 5.10 Å². The third-order valence-electron chi connectivity index (χ3n) is 2.28. The summed E-state index contributed by atoms with van der Waals surface area (Å²) in [6, 6.07) is 5.69. The van der Waals surface area contributed by atoms with E-state index in [-0.39, 0.29) is 12.5 Å². The quantitative estimate of drug-likeness (QED) is 0.899. The van der Waals surface area contributed by atoms with Crippen LogP contribution >= 0.6 is 31.9 Å². The molecule has 0 spiro atoms. The van der Waals surface area contributed by atoms with Crippen LogP contribution in [0.15, 0.2) is 33.7 Å². The largest absolute Gasteiger partial charge is 0.324 e. The van der Waals surface area contributed by atoms with Crippen LogP contribution in [-0.4, -0.2) is 20.7 Å². The summed E-state index contributed by atoms with van der Waals surface area (Å²) in [5, 5.41) is 6.81. The van der Waals surface area contributed by atoms with Gasteiger partial charge in [0.25, 0.3) is 0 Å². The molecule has 2 rings (SSSR count). The first-order valence-corrected chi connectivity index (χ1v) is 6.74. The summed E-state index contributed by atoms with van der Waals surface area (Å²) < 4.78 is 2.92. The van der Waals surface area contributed by atoms with Crippen molar-refractivity contribution in [1.29, 1.82) is 0 Å². The third-order valence-corrected chi connectivity index (χ3v) is 3.13. The predicted octanol–water partition coefficient (Wildman–Crippen LogP) is 2.75. The summed E-state index contributed by atoms with van der Waals surface area (Å²) in [6.07, 6.45) is 1.50. The summed E-state index contributed by atoms with van der Waals surface area (Å²) >= 11 is 6.51. The van der Waals surface area contributed by atoms with Crippen LogP contribution in [0.5, 0.6) is 0 Å². The van der Waals surface area contributed by atoms with E-state index in [4.69, 9.17) is 0 Å². The Morgan fingerprint density at radius 3 is 2.83 bits per heavy atom. The minimum Gasteiger partial charge on any atom is -0.324 e. The first-order chi connectivity index (χ1) is 8.54. The molecule has 0 radical (unpaired) electrons. The van der Waals surface area contributed by atoms with Crippen molar-refractivity contribution in [2.75, 3.05) is 5.32 Å². The van der Waals surface area contributed by atoms with Gasteiger partial charge in [0.2, 0.25) is 10.6 Å². The maximum atomic E-state index is 11.8. The van der Waals surface area contributed by atoms with E-state index in [0.717, 1.165) is 15.7 Å². The normalized spacial score (nSPS) is 10.4. The number of amides is 1. The molecule has 1 heterocycles. The zero-order valence-electron chi connectivity index (χ0n) is 9.52. The van der Waals surface area contributed by atoms with Gasteiger partial charge in [0, 0.05) is 10.2 Å². The van der Waals surface area contributed by atoms with E-state index in [1.54, 1.807) is 0 Å². The van der Waals surface area contributed by atoms with Crippen molar-refractivity contribution in [3.8, 4) is 0 Å². The molecule has 1 aromatic heterocycles. The van der Waals surface area contributed by atoms with Crippen molar-refractivity contribution in [3.05, 3.63) is 39.3 Å². The molecule has 2 aromatic rings. The number of benzene rings is 1. The summed E-state index contributed by atoms with van der Waals surface area (Å²) in [4.78, 5) is 15.7. The van der Waals surface area contributed by atoms with Crippen molar-refractivity contribution >= 4 is 43.5 Å². The zero-order valence-corrected chi connectivity index (χ0v) is 12.7. The fourth-order valence-electron chi connectivity index (χ4n) is 1.45. The number of halogens is 2. The van der Waals surface area contributed by atoms with Crippen LogP contribution in [0.25, 0.3) is 0 Å². The lowest BCUT2D eigenvalue weighted by molar-refractivity contribution is -0.116. The Hall–Kier alpha value is -1.21. The van der Waals surface area contributed by atoms with Gasteiger partial charge >= 0.3 is 0 Å². The van der Waals surface area contributed by atoms with Crippen LogP contribution in [0.1, 0.15) is 5.56 Å². The van der Waals surface area contributed by atoms with Gasteiger partial charge in [-0.25, -0.2) is 9.67 Å². The second-order valence-corrected chi connectivity index (χ2v) is 5.34. The molecule has 0 aliphatic heterocycles. The van der Waals surface area contributed by atoms with E-state index >= 15 is 0 Å². The molecule has 0 bridgehead atoms. The maximum Gasteiger partial charge on any atom is 0.246 e. The summed E-state index contributed by atoms with van der Waals surface area (Å²) in [6.45, 7) is 2.07. The van der Waals surface area contributed by atoms with E-state index in [0.29, 0.717) is 4.73 Å². The number of aromatic nitrogens is 3. The van der Waals surface area contributed by atoms with E-state index in [2.05, 4.69) is 47.3 Å². The van der Waals surface area contributed by atoms with Gasteiger partial charge in [-0.1, -0.05) is 15.9 Å². The molecule has 0 atom stereocenters. The average molecular weight is 374 g/mol. The number of aryl methyl sites for hydroxylation is 1. The molecule has 0 aliphatic carbocycles. The molecule has 1 aromatic carbocycles. The molecular formula is C11H10Br2N4O. The van der Waals surface area contributed by atoms with Gasteiger partial charge in [0.15, 0.2) is 0 Å². The minimum absolute atomic E-state index is 0.133. The summed E-state index contributed by atoms with van der Waals surface area (Å²) in [5.41, 5.74) is 1.79. The number of nitrogens with one attached hydrogen (secondary N) is 1. The number of anilines is 1.